The summed E-state index contributed by atoms with van der Waals surface area (Å²) in [4.78, 5) is 2.37. The predicted octanol–water partition coefficient (Wildman–Crippen LogP) is 2.72. The summed E-state index contributed by atoms with van der Waals surface area (Å²) in [5, 5.41) is 0. The van der Waals surface area contributed by atoms with E-state index >= 15 is 0 Å². The monoisotopic (exact) mass is 234 g/mol. The molecule has 0 fully saturated rings. The van der Waals surface area contributed by atoms with Crippen molar-refractivity contribution in [2.45, 2.75) is 40.3 Å². The molecule has 1 aromatic rings. The van der Waals surface area contributed by atoms with Gasteiger partial charge in [-0.25, -0.2) is 0 Å². The maximum absolute atomic E-state index is 5.85. The molecule has 1 atom stereocenters. The Morgan fingerprint density at radius 1 is 1.24 bits per heavy atom. The van der Waals surface area contributed by atoms with Gasteiger partial charge in [-0.05, 0) is 37.9 Å². The smallest absolute Gasteiger partial charge is 0.0241 e. The summed E-state index contributed by atoms with van der Waals surface area (Å²) in [6.45, 7) is 10.5. The first-order valence-corrected chi connectivity index (χ1v) is 6.42. The van der Waals surface area contributed by atoms with Crippen molar-refractivity contribution in [2.75, 3.05) is 13.6 Å². The molecule has 2 heteroatoms. The van der Waals surface area contributed by atoms with Crippen molar-refractivity contribution in [3.63, 3.8) is 0 Å². The Hall–Kier alpha value is -0.860. The molecule has 0 saturated heterocycles. The quantitative estimate of drug-likeness (QED) is 0.849. The molecule has 2 N–H and O–H groups in total. The van der Waals surface area contributed by atoms with E-state index in [-0.39, 0.29) is 0 Å². The lowest BCUT2D eigenvalue weighted by atomic mass is 10.0. The van der Waals surface area contributed by atoms with Crippen LogP contribution in [0.4, 0.5) is 0 Å². The lowest BCUT2D eigenvalue weighted by molar-refractivity contribution is 0.189. The van der Waals surface area contributed by atoms with Gasteiger partial charge in [0, 0.05) is 19.1 Å². The lowest BCUT2D eigenvalue weighted by Crippen LogP contribution is -2.41. The summed E-state index contributed by atoms with van der Waals surface area (Å²) in [5.74, 6) is 0.593. The van der Waals surface area contributed by atoms with Gasteiger partial charge < -0.3 is 5.73 Å². The molecule has 1 unspecified atom stereocenters. The first-order chi connectivity index (χ1) is 7.95. The Morgan fingerprint density at radius 2 is 1.88 bits per heavy atom. The van der Waals surface area contributed by atoms with Gasteiger partial charge in [-0.15, -0.1) is 0 Å². The second-order valence-electron chi connectivity index (χ2n) is 5.39. The van der Waals surface area contributed by atoms with E-state index in [0.717, 1.165) is 13.1 Å². The molecule has 17 heavy (non-hydrogen) atoms. The zero-order valence-electron chi connectivity index (χ0n) is 11.8. The van der Waals surface area contributed by atoms with Crippen molar-refractivity contribution < 1.29 is 0 Å². The van der Waals surface area contributed by atoms with E-state index in [4.69, 9.17) is 5.73 Å². The first-order valence-electron chi connectivity index (χ1n) is 6.42. The van der Waals surface area contributed by atoms with Gasteiger partial charge in [0.25, 0.3) is 0 Å². The molecule has 0 heterocycles. The number of hydrogen-bond donors (Lipinski definition) is 1. The van der Waals surface area contributed by atoms with Crippen LogP contribution in [0.1, 0.15) is 30.5 Å². The molecule has 0 amide bonds. The first kappa shape index (κ1) is 14.2. The fourth-order valence-electron chi connectivity index (χ4n) is 2.32. The van der Waals surface area contributed by atoms with Crippen LogP contribution in [0, 0.1) is 19.8 Å². The van der Waals surface area contributed by atoms with Crippen LogP contribution < -0.4 is 5.73 Å². The predicted molar refractivity (Wildman–Crippen MR) is 75.1 cm³/mol. The number of aryl methyl sites for hydroxylation is 2. The van der Waals surface area contributed by atoms with E-state index in [1.165, 1.54) is 16.7 Å². The molecule has 1 rings (SSSR count). The van der Waals surface area contributed by atoms with E-state index in [9.17, 15) is 0 Å². The largest absolute Gasteiger partial charge is 0.329 e. The number of nitrogens with two attached hydrogens (primary N) is 1. The topological polar surface area (TPSA) is 29.3 Å². The van der Waals surface area contributed by atoms with Gasteiger partial charge in [0.2, 0.25) is 0 Å². The number of hydrogen-bond acceptors (Lipinski definition) is 2. The van der Waals surface area contributed by atoms with Crippen molar-refractivity contribution in [3.8, 4) is 0 Å². The molecule has 0 spiro atoms. The van der Waals surface area contributed by atoms with Crippen LogP contribution in [0.25, 0.3) is 0 Å². The zero-order valence-corrected chi connectivity index (χ0v) is 11.8. The third kappa shape index (κ3) is 3.83. The minimum absolute atomic E-state index is 0.454. The highest BCUT2D eigenvalue weighted by Gasteiger charge is 2.17. The van der Waals surface area contributed by atoms with Crippen molar-refractivity contribution in [3.05, 3.63) is 34.9 Å². The van der Waals surface area contributed by atoms with Crippen molar-refractivity contribution in [2.24, 2.45) is 11.7 Å². The van der Waals surface area contributed by atoms with Gasteiger partial charge in [0.05, 0.1) is 0 Å². The molecular formula is C15H26N2. The van der Waals surface area contributed by atoms with E-state index < -0.39 is 0 Å². The Balaban J connectivity index is 2.79. The fraction of sp³-hybridized carbons (Fsp3) is 0.600. The van der Waals surface area contributed by atoms with Gasteiger partial charge >= 0.3 is 0 Å². The second kappa shape index (κ2) is 6.18. The molecule has 0 bridgehead atoms. The molecule has 0 aliphatic carbocycles. The average molecular weight is 234 g/mol. The van der Waals surface area contributed by atoms with E-state index in [0.29, 0.717) is 12.0 Å². The lowest BCUT2D eigenvalue weighted by Gasteiger charge is -2.30. The third-order valence-electron chi connectivity index (χ3n) is 3.50. The Morgan fingerprint density at radius 3 is 2.41 bits per heavy atom. The van der Waals surface area contributed by atoms with Gasteiger partial charge in [-0.1, -0.05) is 37.6 Å². The van der Waals surface area contributed by atoms with Crippen LogP contribution in [-0.2, 0) is 6.54 Å². The maximum Gasteiger partial charge on any atom is 0.0241 e. The Labute approximate surface area is 106 Å². The van der Waals surface area contributed by atoms with Crippen LogP contribution in [0.5, 0.6) is 0 Å². The van der Waals surface area contributed by atoms with Crippen LogP contribution >= 0.6 is 0 Å². The molecule has 1 aromatic carbocycles. The van der Waals surface area contributed by atoms with Crippen molar-refractivity contribution in [1.29, 1.82) is 0 Å². The molecule has 0 aliphatic heterocycles. The minimum atomic E-state index is 0.454. The fourth-order valence-corrected chi connectivity index (χ4v) is 2.32. The van der Waals surface area contributed by atoms with E-state index in [2.05, 4.69) is 57.8 Å². The summed E-state index contributed by atoms with van der Waals surface area (Å²) in [7, 11) is 2.17. The standard InChI is InChI=1S/C15H26N2/c1-11(2)15(9-16)17(5)10-14-8-12(3)6-7-13(14)4/h6-8,11,15H,9-10,16H2,1-5H3. The summed E-state index contributed by atoms with van der Waals surface area (Å²) in [6.07, 6.45) is 0. The number of rotatable bonds is 5. The van der Waals surface area contributed by atoms with Crippen LogP contribution in [0.3, 0.4) is 0 Å². The second-order valence-corrected chi connectivity index (χ2v) is 5.39. The number of likely N-dealkylation sites (N-methyl/N-ethyl adjacent to an activating group) is 1. The highest BCUT2D eigenvalue weighted by molar-refractivity contribution is 5.30. The summed E-state index contributed by atoms with van der Waals surface area (Å²) in [6, 6.07) is 7.10. The number of nitrogens with zero attached hydrogens (tertiary/aromatic N) is 1. The summed E-state index contributed by atoms with van der Waals surface area (Å²) >= 11 is 0. The van der Waals surface area contributed by atoms with Crippen LogP contribution in [0.15, 0.2) is 18.2 Å². The summed E-state index contributed by atoms with van der Waals surface area (Å²) in [5.41, 5.74) is 9.95. The molecule has 2 nitrogen and oxygen atoms in total. The SMILES string of the molecule is Cc1ccc(C)c(CN(C)C(CN)C(C)C)c1. The molecule has 0 aliphatic rings. The van der Waals surface area contributed by atoms with Crippen molar-refractivity contribution >= 4 is 0 Å². The Bertz CT molecular complexity index is 358. The Kier molecular flexibility index (Phi) is 5.16. The normalized spacial score (nSPS) is 13.4. The minimum Gasteiger partial charge on any atom is -0.329 e. The summed E-state index contributed by atoms with van der Waals surface area (Å²) < 4.78 is 0. The van der Waals surface area contributed by atoms with Gasteiger partial charge in [-0.3, -0.25) is 4.90 Å². The molecule has 96 valence electrons. The highest BCUT2D eigenvalue weighted by atomic mass is 15.1. The van der Waals surface area contributed by atoms with Crippen molar-refractivity contribution in [1.82, 2.24) is 4.90 Å². The molecule has 0 aromatic heterocycles. The van der Waals surface area contributed by atoms with E-state index in [1.807, 2.05) is 0 Å². The molecule has 0 saturated carbocycles. The number of benzene rings is 1. The van der Waals surface area contributed by atoms with Crippen LogP contribution in [0.2, 0.25) is 0 Å². The maximum atomic E-state index is 5.85. The molecule has 0 radical (unpaired) electrons. The van der Waals surface area contributed by atoms with Gasteiger partial charge in [0.1, 0.15) is 0 Å². The average Bonchev–Trinajstić information content (AvgIpc) is 2.24. The highest BCUT2D eigenvalue weighted by Crippen LogP contribution is 2.16. The molecular weight excluding hydrogens is 208 g/mol. The van der Waals surface area contributed by atoms with Gasteiger partial charge in [0.15, 0.2) is 0 Å². The zero-order chi connectivity index (χ0) is 13.0. The van der Waals surface area contributed by atoms with E-state index in [1.54, 1.807) is 0 Å². The third-order valence-corrected chi connectivity index (χ3v) is 3.50. The van der Waals surface area contributed by atoms with Gasteiger partial charge in [-0.2, -0.15) is 0 Å². The van der Waals surface area contributed by atoms with Crippen LogP contribution in [-0.4, -0.2) is 24.5 Å².